The van der Waals surface area contributed by atoms with Crippen LogP contribution in [0, 0.1) is 0 Å². The highest BCUT2D eigenvalue weighted by atomic mass is 16.1. The monoisotopic (exact) mass is 248 g/mol. The zero-order valence-corrected chi connectivity index (χ0v) is 11.5. The predicted octanol–water partition coefficient (Wildman–Crippen LogP) is 2.92. The van der Waals surface area contributed by atoms with Gasteiger partial charge in [0.2, 0.25) is 5.56 Å². The van der Waals surface area contributed by atoms with Gasteiger partial charge >= 0.3 is 0 Å². The van der Waals surface area contributed by atoms with Gasteiger partial charge in [-0.05, 0) is 38.2 Å². The molecule has 1 heterocycles. The molecule has 0 radical (unpaired) electrons. The molecule has 1 aromatic rings. The van der Waals surface area contributed by atoms with Crippen molar-refractivity contribution in [3.8, 4) is 0 Å². The average molecular weight is 248 g/mol. The van der Waals surface area contributed by atoms with Gasteiger partial charge < -0.3 is 10.3 Å². The Morgan fingerprint density at radius 2 is 2.33 bits per heavy atom. The molecule has 0 saturated heterocycles. The van der Waals surface area contributed by atoms with Crippen LogP contribution in [-0.2, 0) is 6.42 Å². The maximum absolute atomic E-state index is 11.3. The maximum atomic E-state index is 11.3. The lowest BCUT2D eigenvalue weighted by Crippen LogP contribution is -2.33. The molecule has 1 aromatic heterocycles. The van der Waals surface area contributed by atoms with Crippen LogP contribution in [0.3, 0.4) is 0 Å². The number of aromatic nitrogens is 1. The van der Waals surface area contributed by atoms with Crippen molar-refractivity contribution < 1.29 is 0 Å². The quantitative estimate of drug-likeness (QED) is 0.841. The highest BCUT2D eigenvalue weighted by Crippen LogP contribution is 2.28. The molecule has 18 heavy (non-hydrogen) atoms. The largest absolute Gasteiger partial charge is 0.326 e. The lowest BCUT2D eigenvalue weighted by molar-refractivity contribution is 0.386. The number of fused-ring (bicyclic) bond motifs is 1. The van der Waals surface area contributed by atoms with Gasteiger partial charge in [0.15, 0.2) is 0 Å². The minimum Gasteiger partial charge on any atom is -0.326 e. The summed E-state index contributed by atoms with van der Waals surface area (Å²) in [6, 6.07) is 4.61. The lowest BCUT2D eigenvalue weighted by Gasteiger charge is -2.29. The number of nitrogens with one attached hydrogen (secondary N) is 2. The van der Waals surface area contributed by atoms with E-state index in [2.05, 4.69) is 24.1 Å². The fourth-order valence-electron chi connectivity index (χ4n) is 2.81. The molecule has 0 fully saturated rings. The van der Waals surface area contributed by atoms with Crippen LogP contribution in [0.2, 0.25) is 0 Å². The first-order valence-corrected chi connectivity index (χ1v) is 7.19. The fraction of sp³-hybridized carbons (Fsp3) is 0.667. The van der Waals surface area contributed by atoms with Crippen LogP contribution in [-0.4, -0.2) is 11.0 Å². The number of hydrogen-bond acceptors (Lipinski definition) is 2. The fourth-order valence-corrected chi connectivity index (χ4v) is 2.81. The number of hydrogen-bond donors (Lipinski definition) is 2. The van der Waals surface area contributed by atoms with Crippen LogP contribution in [0.25, 0.3) is 0 Å². The van der Waals surface area contributed by atoms with Crippen LogP contribution in [0.1, 0.15) is 63.3 Å². The SMILES string of the molecule is CCCCC(C)NC1CCCc2[nH]c(=O)ccc21. The van der Waals surface area contributed by atoms with Crippen LogP contribution >= 0.6 is 0 Å². The molecule has 2 N–H and O–H groups in total. The third-order valence-electron chi connectivity index (χ3n) is 3.81. The van der Waals surface area contributed by atoms with E-state index in [-0.39, 0.29) is 5.56 Å². The molecule has 0 saturated carbocycles. The van der Waals surface area contributed by atoms with Crippen LogP contribution in [0.4, 0.5) is 0 Å². The zero-order chi connectivity index (χ0) is 13.0. The van der Waals surface area contributed by atoms with E-state index in [1.54, 1.807) is 6.07 Å². The van der Waals surface area contributed by atoms with E-state index < -0.39 is 0 Å². The number of aromatic amines is 1. The van der Waals surface area contributed by atoms with Gasteiger partial charge in [-0.1, -0.05) is 25.8 Å². The van der Waals surface area contributed by atoms with Crippen molar-refractivity contribution in [2.45, 2.75) is 64.5 Å². The summed E-state index contributed by atoms with van der Waals surface area (Å²) in [5, 5.41) is 3.71. The smallest absolute Gasteiger partial charge is 0.248 e. The molecular formula is C15H24N2O. The molecule has 2 atom stereocenters. The Bertz CT molecular complexity index is 438. The first kappa shape index (κ1) is 13.3. The molecule has 2 unspecified atom stereocenters. The maximum Gasteiger partial charge on any atom is 0.248 e. The summed E-state index contributed by atoms with van der Waals surface area (Å²) in [7, 11) is 0. The van der Waals surface area contributed by atoms with Crippen molar-refractivity contribution in [2.75, 3.05) is 0 Å². The van der Waals surface area contributed by atoms with Gasteiger partial charge in [-0.3, -0.25) is 4.79 Å². The van der Waals surface area contributed by atoms with Crippen molar-refractivity contribution in [3.05, 3.63) is 33.7 Å². The number of unbranched alkanes of at least 4 members (excludes halogenated alkanes) is 1. The topological polar surface area (TPSA) is 44.9 Å². The summed E-state index contributed by atoms with van der Waals surface area (Å²) in [5.41, 5.74) is 2.45. The minimum absolute atomic E-state index is 0.0217. The van der Waals surface area contributed by atoms with Gasteiger partial charge in [0.1, 0.15) is 0 Å². The van der Waals surface area contributed by atoms with Crippen molar-refractivity contribution in [1.82, 2.24) is 10.3 Å². The third kappa shape index (κ3) is 3.22. The molecule has 1 aliphatic rings. The van der Waals surface area contributed by atoms with E-state index in [9.17, 15) is 4.79 Å². The zero-order valence-electron chi connectivity index (χ0n) is 11.5. The molecule has 2 rings (SSSR count). The predicted molar refractivity (Wildman–Crippen MR) is 74.9 cm³/mol. The highest BCUT2D eigenvalue weighted by Gasteiger charge is 2.21. The summed E-state index contributed by atoms with van der Waals surface area (Å²) in [4.78, 5) is 14.3. The summed E-state index contributed by atoms with van der Waals surface area (Å²) in [5.74, 6) is 0. The summed E-state index contributed by atoms with van der Waals surface area (Å²) < 4.78 is 0. The number of rotatable bonds is 5. The Morgan fingerprint density at radius 3 is 3.11 bits per heavy atom. The summed E-state index contributed by atoms with van der Waals surface area (Å²) in [6.45, 7) is 4.49. The van der Waals surface area contributed by atoms with Gasteiger partial charge in [0.05, 0.1) is 0 Å². The Hall–Kier alpha value is -1.09. The van der Waals surface area contributed by atoms with E-state index in [4.69, 9.17) is 0 Å². The minimum atomic E-state index is 0.0217. The standard InChI is InChI=1S/C15H24N2O/c1-3-4-6-11(2)16-13-7-5-8-14-12(13)9-10-15(18)17-14/h9-11,13,16H,3-8H2,1-2H3,(H,17,18). The Balaban J connectivity index is 2.05. The second-order valence-corrected chi connectivity index (χ2v) is 5.41. The highest BCUT2D eigenvalue weighted by molar-refractivity contribution is 5.26. The summed E-state index contributed by atoms with van der Waals surface area (Å²) in [6.07, 6.45) is 7.10. The molecule has 3 nitrogen and oxygen atoms in total. The van der Waals surface area contributed by atoms with Crippen molar-refractivity contribution in [1.29, 1.82) is 0 Å². The lowest BCUT2D eigenvalue weighted by atomic mass is 9.90. The molecule has 1 aliphatic carbocycles. The Morgan fingerprint density at radius 1 is 1.50 bits per heavy atom. The Labute approximate surface area is 109 Å². The second-order valence-electron chi connectivity index (χ2n) is 5.41. The molecular weight excluding hydrogens is 224 g/mol. The third-order valence-corrected chi connectivity index (χ3v) is 3.81. The van der Waals surface area contributed by atoms with E-state index in [0.717, 1.165) is 18.5 Å². The van der Waals surface area contributed by atoms with E-state index in [1.165, 1.54) is 31.2 Å². The van der Waals surface area contributed by atoms with E-state index >= 15 is 0 Å². The van der Waals surface area contributed by atoms with Gasteiger partial charge in [0, 0.05) is 23.8 Å². The van der Waals surface area contributed by atoms with Crippen molar-refractivity contribution in [3.63, 3.8) is 0 Å². The van der Waals surface area contributed by atoms with Gasteiger partial charge in [-0.15, -0.1) is 0 Å². The molecule has 0 spiro atoms. The Kier molecular flexibility index (Phi) is 4.59. The molecule has 0 amide bonds. The van der Waals surface area contributed by atoms with Gasteiger partial charge in [0.25, 0.3) is 0 Å². The molecule has 0 aromatic carbocycles. The first-order chi connectivity index (χ1) is 8.70. The second kappa shape index (κ2) is 6.19. The molecule has 0 bridgehead atoms. The van der Waals surface area contributed by atoms with Gasteiger partial charge in [-0.2, -0.15) is 0 Å². The molecule has 100 valence electrons. The van der Waals surface area contributed by atoms with E-state index in [0.29, 0.717) is 12.1 Å². The summed E-state index contributed by atoms with van der Waals surface area (Å²) >= 11 is 0. The number of H-pyrrole nitrogens is 1. The normalized spacial score (nSPS) is 20.4. The van der Waals surface area contributed by atoms with Gasteiger partial charge in [-0.25, -0.2) is 0 Å². The van der Waals surface area contributed by atoms with Crippen molar-refractivity contribution in [2.24, 2.45) is 0 Å². The van der Waals surface area contributed by atoms with Crippen LogP contribution in [0.5, 0.6) is 0 Å². The van der Waals surface area contributed by atoms with Crippen molar-refractivity contribution >= 4 is 0 Å². The van der Waals surface area contributed by atoms with Crippen LogP contribution < -0.4 is 10.9 Å². The first-order valence-electron chi connectivity index (χ1n) is 7.19. The average Bonchev–Trinajstić information content (AvgIpc) is 2.36. The van der Waals surface area contributed by atoms with E-state index in [1.807, 2.05) is 6.07 Å². The molecule has 0 aliphatic heterocycles. The number of pyridine rings is 1. The van der Waals surface area contributed by atoms with Crippen LogP contribution in [0.15, 0.2) is 16.9 Å². The molecule has 3 heteroatoms. The number of aryl methyl sites for hydroxylation is 1.